The lowest BCUT2D eigenvalue weighted by Gasteiger charge is -2.34. The zero-order valence-corrected chi connectivity index (χ0v) is 17.3. The highest BCUT2D eigenvalue weighted by molar-refractivity contribution is 7.79. The van der Waals surface area contributed by atoms with Crippen molar-refractivity contribution >= 4 is 27.3 Å². The summed E-state index contributed by atoms with van der Waals surface area (Å²) in [4.78, 5) is 17.4. The van der Waals surface area contributed by atoms with E-state index in [1.54, 1.807) is 0 Å². The Bertz CT molecular complexity index is 908. The molecule has 1 aromatic heterocycles. The van der Waals surface area contributed by atoms with Gasteiger partial charge in [-0.25, -0.2) is 0 Å². The summed E-state index contributed by atoms with van der Waals surface area (Å²) in [5.41, 5.74) is 3.67. The van der Waals surface area contributed by atoms with Gasteiger partial charge in [-0.05, 0) is 56.5 Å². The van der Waals surface area contributed by atoms with Crippen LogP contribution in [-0.2, 0) is 28.0 Å². The van der Waals surface area contributed by atoms with Crippen LogP contribution in [0.1, 0.15) is 44.7 Å². The molecule has 2 aromatic rings. The minimum absolute atomic E-state index is 0.251. The normalized spacial score (nSPS) is 16.0. The van der Waals surface area contributed by atoms with Gasteiger partial charge in [-0.3, -0.25) is 18.8 Å². The van der Waals surface area contributed by atoms with E-state index in [1.165, 1.54) is 23.4 Å². The van der Waals surface area contributed by atoms with Crippen molar-refractivity contribution in [2.45, 2.75) is 52.5 Å². The van der Waals surface area contributed by atoms with E-state index in [-0.39, 0.29) is 5.97 Å². The van der Waals surface area contributed by atoms with Gasteiger partial charge in [0.1, 0.15) is 5.75 Å². The number of H-pyrrole nitrogens is 1. The van der Waals surface area contributed by atoms with Crippen molar-refractivity contribution in [3.63, 3.8) is 0 Å². The van der Waals surface area contributed by atoms with Crippen LogP contribution in [0.15, 0.2) is 18.3 Å². The molecule has 1 unspecified atom stereocenters. The van der Waals surface area contributed by atoms with Gasteiger partial charge in [-0.2, -0.15) is 8.42 Å². The summed E-state index contributed by atoms with van der Waals surface area (Å²) in [7, 11) is -4.67. The Morgan fingerprint density at radius 3 is 2.36 bits per heavy atom. The number of hydrogen-bond acceptors (Lipinski definition) is 5. The van der Waals surface area contributed by atoms with E-state index < -0.39 is 10.4 Å². The van der Waals surface area contributed by atoms with Crippen LogP contribution in [0.25, 0.3) is 10.9 Å². The third kappa shape index (κ3) is 6.03. The fourth-order valence-electron chi connectivity index (χ4n) is 3.84. The van der Waals surface area contributed by atoms with Crippen LogP contribution < -0.4 is 4.74 Å². The third-order valence-corrected chi connectivity index (χ3v) is 4.68. The van der Waals surface area contributed by atoms with Gasteiger partial charge >= 0.3 is 16.4 Å². The van der Waals surface area contributed by atoms with E-state index in [0.717, 1.165) is 50.0 Å². The quantitative estimate of drug-likeness (QED) is 0.379. The van der Waals surface area contributed by atoms with Gasteiger partial charge in [0.15, 0.2) is 0 Å². The summed E-state index contributed by atoms with van der Waals surface area (Å²) in [6, 6.07) is 4.42. The molecule has 0 spiro atoms. The van der Waals surface area contributed by atoms with E-state index in [1.807, 2.05) is 12.1 Å². The Balaban J connectivity index is 0.000000500. The fraction of sp³-hybridized carbons (Fsp3) is 0.526. The molecule has 0 radical (unpaired) electrons. The van der Waals surface area contributed by atoms with Crippen LogP contribution in [0.3, 0.4) is 0 Å². The number of hydrogen-bond donors (Lipinski definition) is 3. The third-order valence-electron chi connectivity index (χ3n) is 4.68. The van der Waals surface area contributed by atoms with Crippen LogP contribution in [-0.4, -0.2) is 52.5 Å². The lowest BCUT2D eigenvalue weighted by atomic mass is 9.87. The highest BCUT2D eigenvalue weighted by atomic mass is 32.3. The zero-order valence-electron chi connectivity index (χ0n) is 16.4. The highest BCUT2D eigenvalue weighted by Crippen LogP contribution is 2.37. The monoisotopic (exact) mass is 412 g/mol. The molecule has 1 aliphatic carbocycles. The summed E-state index contributed by atoms with van der Waals surface area (Å²) < 4.78 is 37.1. The van der Waals surface area contributed by atoms with Crippen LogP contribution in [0.5, 0.6) is 5.75 Å². The maximum atomic E-state index is 11.4. The number of ether oxygens (including phenoxy) is 1. The molecule has 1 atom stereocenters. The lowest BCUT2D eigenvalue weighted by molar-refractivity contribution is -0.131. The Labute approximate surface area is 165 Å². The first-order valence-electron chi connectivity index (χ1n) is 9.38. The molecule has 1 aliphatic rings. The molecular formula is C19H28N2O6S. The van der Waals surface area contributed by atoms with Crippen molar-refractivity contribution in [3.05, 3.63) is 29.5 Å². The Hall–Kier alpha value is -1.94. The average Bonchev–Trinajstić information content (AvgIpc) is 2.99. The second kappa shape index (κ2) is 9.51. The SMILES string of the molecule is CCCN(CCC)C1Cc2c[nH]c3ccc(OC(C)=O)c(c23)C1.O=S(=O)(O)O. The van der Waals surface area contributed by atoms with Crippen LogP contribution in [0.4, 0.5) is 0 Å². The summed E-state index contributed by atoms with van der Waals surface area (Å²) >= 11 is 0. The van der Waals surface area contributed by atoms with Crippen molar-refractivity contribution in [3.8, 4) is 5.75 Å². The summed E-state index contributed by atoms with van der Waals surface area (Å²) in [6.07, 6.45) is 6.46. The highest BCUT2D eigenvalue weighted by Gasteiger charge is 2.28. The average molecular weight is 413 g/mol. The number of esters is 1. The van der Waals surface area contributed by atoms with Gasteiger partial charge in [0.25, 0.3) is 0 Å². The molecular weight excluding hydrogens is 384 g/mol. The molecule has 1 aromatic carbocycles. The van der Waals surface area contributed by atoms with Gasteiger partial charge in [-0.15, -0.1) is 0 Å². The van der Waals surface area contributed by atoms with Crippen LogP contribution in [0, 0.1) is 0 Å². The number of aromatic amines is 1. The van der Waals surface area contributed by atoms with Crippen molar-refractivity contribution < 1.29 is 27.1 Å². The largest absolute Gasteiger partial charge is 0.426 e. The molecule has 1 heterocycles. The number of carbonyl (C=O) groups excluding carboxylic acids is 1. The van der Waals surface area contributed by atoms with E-state index in [4.69, 9.17) is 22.3 Å². The van der Waals surface area contributed by atoms with Crippen molar-refractivity contribution in [2.24, 2.45) is 0 Å². The predicted octanol–water partition coefficient (Wildman–Crippen LogP) is 3.03. The summed E-state index contributed by atoms with van der Waals surface area (Å²) in [5, 5.41) is 1.26. The standard InChI is InChI=1S/C19H26N2O2.H2O4S/c1-4-8-21(9-5-2)15-10-14-12-20-17-6-7-18(23-13(3)22)16(11-15)19(14)17;1-5(2,3)4/h6-7,12,15,20H,4-5,8-11H2,1-3H3;(H2,1,2,3,4). The smallest absolute Gasteiger partial charge is 0.394 e. The molecule has 0 saturated carbocycles. The van der Waals surface area contributed by atoms with E-state index in [2.05, 4.69) is 29.9 Å². The Morgan fingerprint density at radius 1 is 1.21 bits per heavy atom. The molecule has 3 N–H and O–H groups in total. The van der Waals surface area contributed by atoms with Crippen molar-refractivity contribution in [1.82, 2.24) is 9.88 Å². The molecule has 0 amide bonds. The number of nitrogens with zero attached hydrogens (tertiary/aromatic N) is 1. The van der Waals surface area contributed by atoms with Crippen molar-refractivity contribution in [1.29, 1.82) is 0 Å². The number of nitrogens with one attached hydrogen (secondary N) is 1. The fourth-order valence-corrected chi connectivity index (χ4v) is 3.84. The van der Waals surface area contributed by atoms with Gasteiger partial charge in [-0.1, -0.05) is 13.8 Å². The lowest BCUT2D eigenvalue weighted by Crippen LogP contribution is -2.41. The van der Waals surface area contributed by atoms with E-state index >= 15 is 0 Å². The van der Waals surface area contributed by atoms with Gasteiger partial charge in [0.05, 0.1) is 0 Å². The maximum absolute atomic E-state index is 11.4. The van der Waals surface area contributed by atoms with Crippen LogP contribution in [0.2, 0.25) is 0 Å². The number of rotatable bonds is 6. The predicted molar refractivity (Wildman–Crippen MR) is 107 cm³/mol. The van der Waals surface area contributed by atoms with Crippen molar-refractivity contribution in [2.75, 3.05) is 13.1 Å². The number of benzene rings is 1. The zero-order chi connectivity index (χ0) is 20.9. The second-order valence-corrected chi connectivity index (χ2v) is 7.81. The molecule has 0 aliphatic heterocycles. The molecule has 0 saturated heterocycles. The molecule has 0 bridgehead atoms. The van der Waals surface area contributed by atoms with Gasteiger partial charge in [0.2, 0.25) is 0 Å². The molecule has 0 fully saturated rings. The molecule has 156 valence electrons. The molecule has 3 rings (SSSR count). The molecule has 8 nitrogen and oxygen atoms in total. The molecule has 9 heteroatoms. The van der Waals surface area contributed by atoms with Crippen LogP contribution >= 0.6 is 0 Å². The van der Waals surface area contributed by atoms with E-state index in [9.17, 15) is 4.79 Å². The first kappa shape index (κ1) is 22.4. The minimum atomic E-state index is -4.67. The summed E-state index contributed by atoms with van der Waals surface area (Å²) in [5.74, 6) is 0.474. The van der Waals surface area contributed by atoms with Gasteiger partial charge in [0, 0.05) is 35.6 Å². The van der Waals surface area contributed by atoms with Gasteiger partial charge < -0.3 is 9.72 Å². The Morgan fingerprint density at radius 2 is 1.82 bits per heavy atom. The maximum Gasteiger partial charge on any atom is 0.394 e. The van der Waals surface area contributed by atoms with E-state index in [0.29, 0.717) is 6.04 Å². The number of aromatic nitrogens is 1. The first-order chi connectivity index (χ1) is 13.1. The summed E-state index contributed by atoms with van der Waals surface area (Å²) in [6.45, 7) is 8.18. The first-order valence-corrected chi connectivity index (χ1v) is 10.8. The minimum Gasteiger partial charge on any atom is -0.426 e. The number of carbonyl (C=O) groups is 1. The topological polar surface area (TPSA) is 120 Å². The Kier molecular flexibility index (Phi) is 7.59. The molecule has 28 heavy (non-hydrogen) atoms. The second-order valence-electron chi connectivity index (χ2n) is 6.92.